The molecule has 0 spiro atoms. The Kier molecular flexibility index (Phi) is 47.4. The van der Waals surface area contributed by atoms with E-state index >= 15 is 0 Å². The highest BCUT2D eigenvalue weighted by Crippen LogP contribution is 2.15. The lowest BCUT2D eigenvalue weighted by Gasteiger charge is -2.18. The van der Waals surface area contributed by atoms with E-state index in [4.69, 9.17) is 14.2 Å². The second-order valence-corrected chi connectivity index (χ2v) is 16.7. The standard InChI is InChI=1S/C53H96O5/c1-4-7-10-13-16-19-21-23-25-26-27-28-29-30-32-35-37-40-43-46-52(54)57-50-51(58-53(55)47-44-41-38-34-18-15-12-9-6-3)49-56-48-45-42-39-36-33-31-24-22-20-17-14-11-8-5-2/h7,10,16,19,23,25,27-28,51H,4-6,8-9,11-15,17-18,20-22,24,26,29-50H2,1-3H3/b10-7-,19-16-,25-23-,28-27-. The fourth-order valence-corrected chi connectivity index (χ4v) is 7.15. The van der Waals surface area contributed by atoms with Gasteiger partial charge in [0.15, 0.2) is 6.10 Å². The highest BCUT2D eigenvalue weighted by molar-refractivity contribution is 5.70. The van der Waals surface area contributed by atoms with Crippen molar-refractivity contribution < 1.29 is 23.8 Å². The quantitative estimate of drug-likeness (QED) is 0.0348. The summed E-state index contributed by atoms with van der Waals surface area (Å²) in [7, 11) is 0. The van der Waals surface area contributed by atoms with Crippen LogP contribution in [0.3, 0.4) is 0 Å². The molecule has 5 nitrogen and oxygen atoms in total. The summed E-state index contributed by atoms with van der Waals surface area (Å²) < 4.78 is 17.4. The van der Waals surface area contributed by atoms with Gasteiger partial charge in [-0.2, -0.15) is 0 Å². The normalized spacial score (nSPS) is 12.5. The molecule has 5 heteroatoms. The van der Waals surface area contributed by atoms with Crippen molar-refractivity contribution in [3.8, 4) is 0 Å². The van der Waals surface area contributed by atoms with Gasteiger partial charge in [0.25, 0.3) is 0 Å². The predicted octanol–water partition coefficient (Wildman–Crippen LogP) is 16.8. The maximum atomic E-state index is 12.7. The second kappa shape index (κ2) is 49.2. The van der Waals surface area contributed by atoms with Gasteiger partial charge in [0, 0.05) is 19.4 Å². The first kappa shape index (κ1) is 55.9. The van der Waals surface area contributed by atoms with Crippen LogP contribution >= 0.6 is 0 Å². The van der Waals surface area contributed by atoms with Gasteiger partial charge in [-0.25, -0.2) is 0 Å². The van der Waals surface area contributed by atoms with Crippen molar-refractivity contribution in [2.75, 3.05) is 19.8 Å². The van der Waals surface area contributed by atoms with Gasteiger partial charge in [0.2, 0.25) is 0 Å². The summed E-state index contributed by atoms with van der Waals surface area (Å²) in [5.74, 6) is -0.405. The predicted molar refractivity (Wildman–Crippen MR) is 251 cm³/mol. The summed E-state index contributed by atoms with van der Waals surface area (Å²) >= 11 is 0. The van der Waals surface area contributed by atoms with E-state index < -0.39 is 6.10 Å². The minimum atomic E-state index is -0.535. The van der Waals surface area contributed by atoms with Crippen LogP contribution in [0.25, 0.3) is 0 Å². The Hall–Kier alpha value is -2.14. The molecule has 0 saturated heterocycles. The van der Waals surface area contributed by atoms with Crippen molar-refractivity contribution in [1.82, 2.24) is 0 Å². The fraction of sp³-hybridized carbons (Fsp3) is 0.811. The third-order valence-electron chi connectivity index (χ3n) is 10.9. The van der Waals surface area contributed by atoms with Crippen molar-refractivity contribution in [2.24, 2.45) is 0 Å². The lowest BCUT2D eigenvalue weighted by molar-refractivity contribution is -0.163. The third kappa shape index (κ3) is 46.5. The van der Waals surface area contributed by atoms with Crippen LogP contribution < -0.4 is 0 Å². The number of carbonyl (C=O) groups is 2. The average molecular weight is 813 g/mol. The first-order chi connectivity index (χ1) is 28.6. The van der Waals surface area contributed by atoms with Crippen LogP contribution in [0.1, 0.15) is 252 Å². The number of allylic oxidation sites excluding steroid dienone is 8. The van der Waals surface area contributed by atoms with Crippen LogP contribution in [0.2, 0.25) is 0 Å². The van der Waals surface area contributed by atoms with Crippen LogP contribution in [-0.4, -0.2) is 37.9 Å². The Morgan fingerprint density at radius 1 is 0.397 bits per heavy atom. The summed E-state index contributed by atoms with van der Waals surface area (Å²) in [4.78, 5) is 25.3. The summed E-state index contributed by atoms with van der Waals surface area (Å²) in [5, 5.41) is 0. The zero-order valence-electron chi connectivity index (χ0n) is 38.8. The minimum absolute atomic E-state index is 0.0817. The molecule has 0 bridgehead atoms. The van der Waals surface area contributed by atoms with Gasteiger partial charge < -0.3 is 14.2 Å². The van der Waals surface area contributed by atoms with Gasteiger partial charge in [-0.1, -0.05) is 230 Å². The van der Waals surface area contributed by atoms with E-state index in [1.165, 1.54) is 148 Å². The molecule has 0 aliphatic heterocycles. The summed E-state index contributed by atoms with van der Waals surface area (Å²) in [5.41, 5.74) is 0. The van der Waals surface area contributed by atoms with Crippen LogP contribution in [0.5, 0.6) is 0 Å². The van der Waals surface area contributed by atoms with E-state index in [1.54, 1.807) is 0 Å². The molecule has 0 amide bonds. The van der Waals surface area contributed by atoms with E-state index in [-0.39, 0.29) is 25.2 Å². The van der Waals surface area contributed by atoms with Gasteiger partial charge in [-0.05, 0) is 57.8 Å². The molecule has 0 rings (SSSR count). The zero-order valence-corrected chi connectivity index (χ0v) is 38.8. The van der Waals surface area contributed by atoms with E-state index in [2.05, 4.69) is 69.4 Å². The van der Waals surface area contributed by atoms with Crippen molar-refractivity contribution in [1.29, 1.82) is 0 Å². The number of hydrogen-bond acceptors (Lipinski definition) is 5. The largest absolute Gasteiger partial charge is 0.462 e. The molecule has 0 aliphatic carbocycles. The highest BCUT2D eigenvalue weighted by Gasteiger charge is 2.17. The Morgan fingerprint density at radius 2 is 0.776 bits per heavy atom. The summed E-state index contributed by atoms with van der Waals surface area (Å²) in [6, 6.07) is 0. The number of rotatable bonds is 46. The molecule has 1 unspecified atom stereocenters. The molecule has 0 saturated carbocycles. The van der Waals surface area contributed by atoms with Crippen molar-refractivity contribution >= 4 is 11.9 Å². The molecule has 338 valence electrons. The van der Waals surface area contributed by atoms with Gasteiger partial charge in [-0.15, -0.1) is 0 Å². The van der Waals surface area contributed by atoms with Gasteiger partial charge >= 0.3 is 11.9 Å². The maximum absolute atomic E-state index is 12.7. The lowest BCUT2D eigenvalue weighted by Crippen LogP contribution is -2.30. The molecule has 0 fully saturated rings. The Morgan fingerprint density at radius 3 is 1.24 bits per heavy atom. The zero-order chi connectivity index (χ0) is 42.1. The Labute approximate surface area is 361 Å². The topological polar surface area (TPSA) is 61.8 Å². The third-order valence-corrected chi connectivity index (χ3v) is 10.9. The highest BCUT2D eigenvalue weighted by atomic mass is 16.6. The van der Waals surface area contributed by atoms with Crippen LogP contribution in [-0.2, 0) is 23.8 Å². The molecule has 1 atom stereocenters. The van der Waals surface area contributed by atoms with Crippen molar-refractivity contribution in [3.63, 3.8) is 0 Å². The van der Waals surface area contributed by atoms with E-state index in [9.17, 15) is 9.59 Å². The molecule has 0 aromatic heterocycles. The number of unbranched alkanes of at least 4 members (excludes halogenated alkanes) is 27. The first-order valence-corrected chi connectivity index (χ1v) is 25.2. The molecule has 0 aromatic rings. The van der Waals surface area contributed by atoms with Crippen LogP contribution in [0, 0.1) is 0 Å². The Bertz CT molecular complexity index is 966. The van der Waals surface area contributed by atoms with Gasteiger partial charge in [-0.3, -0.25) is 9.59 Å². The van der Waals surface area contributed by atoms with Crippen molar-refractivity contribution in [2.45, 2.75) is 258 Å². The van der Waals surface area contributed by atoms with Crippen LogP contribution in [0.15, 0.2) is 48.6 Å². The molecular formula is C53H96O5. The molecular weight excluding hydrogens is 717 g/mol. The molecule has 0 aromatic carbocycles. The Balaban J connectivity index is 4.18. The maximum Gasteiger partial charge on any atom is 0.306 e. The lowest BCUT2D eigenvalue weighted by atomic mass is 10.0. The molecule has 0 radical (unpaired) electrons. The van der Waals surface area contributed by atoms with Crippen molar-refractivity contribution in [3.05, 3.63) is 48.6 Å². The smallest absolute Gasteiger partial charge is 0.306 e. The summed E-state index contributed by atoms with van der Waals surface area (Å²) in [6.45, 7) is 7.72. The number of carbonyl (C=O) groups excluding carboxylic acids is 2. The average Bonchev–Trinajstić information content (AvgIpc) is 3.22. The molecule has 0 aliphatic rings. The van der Waals surface area contributed by atoms with E-state index in [1.807, 2.05) is 0 Å². The van der Waals surface area contributed by atoms with Crippen LogP contribution in [0.4, 0.5) is 0 Å². The second-order valence-electron chi connectivity index (χ2n) is 16.7. The first-order valence-electron chi connectivity index (χ1n) is 25.2. The van der Waals surface area contributed by atoms with E-state index in [0.29, 0.717) is 19.4 Å². The van der Waals surface area contributed by atoms with Gasteiger partial charge in [0.1, 0.15) is 6.61 Å². The van der Waals surface area contributed by atoms with E-state index in [0.717, 1.165) is 70.6 Å². The summed E-state index contributed by atoms with van der Waals surface area (Å²) in [6.07, 6.45) is 59.7. The fourth-order valence-electron chi connectivity index (χ4n) is 7.15. The minimum Gasteiger partial charge on any atom is -0.462 e. The SMILES string of the molecule is CC/C=C\C/C=C\C/C=C\C/C=C\CCCCCCCCC(=O)OCC(COCCCCCCCCCCCCCCCC)OC(=O)CCCCCCCCCCC. The number of ether oxygens (including phenoxy) is 3. The number of hydrogen-bond donors (Lipinski definition) is 0. The monoisotopic (exact) mass is 813 g/mol. The molecule has 58 heavy (non-hydrogen) atoms. The van der Waals surface area contributed by atoms with Gasteiger partial charge in [0.05, 0.1) is 6.61 Å². The molecule has 0 N–H and O–H groups in total. The number of esters is 2. The molecule has 0 heterocycles.